The molecule has 1 N–H and O–H groups in total. The van der Waals surface area contributed by atoms with Gasteiger partial charge in [-0.1, -0.05) is 20.8 Å². The molecule has 78 valence electrons. The van der Waals surface area contributed by atoms with Crippen LogP contribution in [0, 0.1) is 0 Å². The Morgan fingerprint density at radius 3 is 2.43 bits per heavy atom. The minimum atomic E-state index is -0.906. The van der Waals surface area contributed by atoms with Crippen LogP contribution in [0.15, 0.2) is 0 Å². The summed E-state index contributed by atoms with van der Waals surface area (Å²) in [5, 5.41) is 12.6. The predicted molar refractivity (Wildman–Crippen MR) is 51.0 cm³/mol. The van der Waals surface area contributed by atoms with Crippen LogP contribution in [0.3, 0.4) is 0 Å². The van der Waals surface area contributed by atoms with Gasteiger partial charge >= 0.3 is 5.97 Å². The van der Waals surface area contributed by atoms with Gasteiger partial charge in [0.2, 0.25) is 0 Å². The van der Waals surface area contributed by atoms with E-state index in [2.05, 4.69) is 10.1 Å². The number of aromatic nitrogens is 3. The van der Waals surface area contributed by atoms with Gasteiger partial charge in [0, 0.05) is 12.5 Å². The summed E-state index contributed by atoms with van der Waals surface area (Å²) >= 11 is 0. The van der Waals surface area contributed by atoms with Gasteiger partial charge in [-0.15, -0.1) is 0 Å². The van der Waals surface area contributed by atoms with Crippen LogP contribution < -0.4 is 0 Å². The highest BCUT2D eigenvalue weighted by molar-refractivity contribution is 5.68. The van der Waals surface area contributed by atoms with Crippen LogP contribution in [0.1, 0.15) is 32.4 Å². The first-order valence-corrected chi connectivity index (χ1v) is 4.43. The second-order valence-corrected chi connectivity index (χ2v) is 4.30. The molecule has 0 aromatic carbocycles. The molecule has 0 fully saturated rings. The Kier molecular flexibility index (Phi) is 2.59. The lowest BCUT2D eigenvalue weighted by Crippen LogP contribution is -2.17. The molecular formula is C9H15N3O2. The molecule has 5 heteroatoms. The summed E-state index contributed by atoms with van der Waals surface area (Å²) in [6.07, 6.45) is -0.121. The van der Waals surface area contributed by atoms with Crippen LogP contribution in [0.4, 0.5) is 0 Å². The molecule has 0 spiro atoms. The molecule has 0 radical (unpaired) electrons. The van der Waals surface area contributed by atoms with Crippen LogP contribution >= 0.6 is 0 Å². The summed E-state index contributed by atoms with van der Waals surface area (Å²) in [5.74, 6) is 0.259. The Morgan fingerprint density at radius 1 is 1.50 bits per heavy atom. The number of carbonyl (C=O) groups is 1. The smallest absolute Gasteiger partial charge is 0.311 e. The summed E-state index contributed by atoms with van der Waals surface area (Å²) in [7, 11) is 1.78. The molecule has 0 aliphatic heterocycles. The largest absolute Gasteiger partial charge is 0.481 e. The third-order valence-electron chi connectivity index (χ3n) is 1.79. The van der Waals surface area contributed by atoms with Gasteiger partial charge in [-0.05, 0) is 0 Å². The summed E-state index contributed by atoms with van der Waals surface area (Å²) in [6, 6.07) is 0. The molecule has 0 amide bonds. The number of hydrogen-bond acceptors (Lipinski definition) is 3. The first kappa shape index (κ1) is 10.7. The van der Waals surface area contributed by atoms with Gasteiger partial charge in [-0.25, -0.2) is 4.98 Å². The molecule has 0 aliphatic rings. The van der Waals surface area contributed by atoms with Crippen molar-refractivity contribution in [3.8, 4) is 0 Å². The van der Waals surface area contributed by atoms with Crippen molar-refractivity contribution >= 4 is 5.97 Å². The van der Waals surface area contributed by atoms with Crippen molar-refractivity contribution in [2.24, 2.45) is 7.05 Å². The summed E-state index contributed by atoms with van der Waals surface area (Å²) in [5.41, 5.74) is -0.113. The molecule has 1 aromatic rings. The second kappa shape index (κ2) is 3.40. The molecule has 0 unspecified atom stereocenters. The summed E-state index contributed by atoms with van der Waals surface area (Å²) < 4.78 is 1.64. The van der Waals surface area contributed by atoms with E-state index in [1.807, 2.05) is 20.8 Å². The third kappa shape index (κ3) is 2.31. The zero-order valence-electron chi connectivity index (χ0n) is 8.90. The zero-order valence-corrected chi connectivity index (χ0v) is 8.90. The van der Waals surface area contributed by atoms with Gasteiger partial charge in [0.25, 0.3) is 0 Å². The Bertz CT molecular complexity index is 349. The van der Waals surface area contributed by atoms with E-state index in [0.29, 0.717) is 5.82 Å². The number of rotatable bonds is 2. The normalized spacial score (nSPS) is 11.7. The van der Waals surface area contributed by atoms with Crippen LogP contribution in [0.5, 0.6) is 0 Å². The van der Waals surface area contributed by atoms with Crippen LogP contribution in [-0.4, -0.2) is 25.8 Å². The van der Waals surface area contributed by atoms with Crippen LogP contribution in [0.25, 0.3) is 0 Å². The molecule has 0 aliphatic carbocycles. The van der Waals surface area contributed by atoms with Gasteiger partial charge in [0.1, 0.15) is 12.2 Å². The molecule has 14 heavy (non-hydrogen) atoms. The molecule has 1 aromatic heterocycles. The zero-order chi connectivity index (χ0) is 10.9. The van der Waals surface area contributed by atoms with E-state index in [4.69, 9.17) is 5.11 Å². The van der Waals surface area contributed by atoms with Crippen molar-refractivity contribution in [3.05, 3.63) is 11.6 Å². The third-order valence-corrected chi connectivity index (χ3v) is 1.79. The van der Waals surface area contributed by atoms with E-state index in [9.17, 15) is 4.79 Å². The predicted octanol–water partition coefficient (Wildman–Crippen LogP) is 0.740. The molecule has 0 saturated heterocycles. The lowest BCUT2D eigenvalue weighted by Gasteiger charge is -2.15. The van der Waals surface area contributed by atoms with Crippen molar-refractivity contribution in [3.63, 3.8) is 0 Å². The number of carboxylic acid groups (broad SMARTS) is 1. The average Bonchev–Trinajstić information content (AvgIpc) is 2.27. The van der Waals surface area contributed by atoms with E-state index in [1.54, 1.807) is 11.7 Å². The van der Waals surface area contributed by atoms with Gasteiger partial charge in [0.15, 0.2) is 5.82 Å². The summed E-state index contributed by atoms with van der Waals surface area (Å²) in [6.45, 7) is 6.05. The van der Waals surface area contributed by atoms with E-state index < -0.39 is 5.97 Å². The van der Waals surface area contributed by atoms with Crippen LogP contribution in [0.2, 0.25) is 0 Å². The van der Waals surface area contributed by atoms with Gasteiger partial charge in [-0.2, -0.15) is 5.10 Å². The topological polar surface area (TPSA) is 68.0 Å². The fraction of sp³-hybridized carbons (Fsp3) is 0.667. The van der Waals surface area contributed by atoms with Crippen molar-refractivity contribution in [1.29, 1.82) is 0 Å². The number of aliphatic carboxylic acids is 1. The highest BCUT2D eigenvalue weighted by Crippen LogP contribution is 2.19. The van der Waals surface area contributed by atoms with Crippen molar-refractivity contribution in [1.82, 2.24) is 14.8 Å². The highest BCUT2D eigenvalue weighted by atomic mass is 16.4. The fourth-order valence-corrected chi connectivity index (χ4v) is 1.30. The standard InChI is InChI=1S/C9H15N3O2/c1-9(2,3)8-10-6(5-7(13)14)11-12(8)4/h5H2,1-4H3,(H,13,14). The van der Waals surface area contributed by atoms with Gasteiger partial charge in [-0.3, -0.25) is 9.48 Å². The van der Waals surface area contributed by atoms with E-state index in [0.717, 1.165) is 5.82 Å². The molecule has 1 heterocycles. The Balaban J connectivity index is 2.99. The maximum Gasteiger partial charge on any atom is 0.311 e. The number of carboxylic acids is 1. The molecule has 0 atom stereocenters. The minimum absolute atomic E-state index is 0.113. The lowest BCUT2D eigenvalue weighted by atomic mass is 9.96. The van der Waals surface area contributed by atoms with E-state index >= 15 is 0 Å². The Labute approximate surface area is 82.8 Å². The Morgan fingerprint density at radius 2 is 2.07 bits per heavy atom. The average molecular weight is 197 g/mol. The van der Waals surface area contributed by atoms with E-state index in [1.165, 1.54) is 0 Å². The first-order valence-electron chi connectivity index (χ1n) is 4.43. The number of hydrogen-bond donors (Lipinski definition) is 1. The number of nitrogens with zero attached hydrogens (tertiary/aromatic N) is 3. The molecule has 0 bridgehead atoms. The maximum absolute atomic E-state index is 10.4. The quantitative estimate of drug-likeness (QED) is 0.759. The van der Waals surface area contributed by atoms with Gasteiger partial charge in [0.05, 0.1) is 0 Å². The highest BCUT2D eigenvalue weighted by Gasteiger charge is 2.21. The SMILES string of the molecule is Cn1nc(CC(=O)O)nc1C(C)(C)C. The fourth-order valence-electron chi connectivity index (χ4n) is 1.30. The first-order chi connectivity index (χ1) is 6.30. The van der Waals surface area contributed by atoms with Crippen molar-refractivity contribution in [2.75, 3.05) is 0 Å². The second-order valence-electron chi connectivity index (χ2n) is 4.30. The number of aryl methyl sites for hydroxylation is 1. The maximum atomic E-state index is 10.4. The van der Waals surface area contributed by atoms with Gasteiger partial charge < -0.3 is 5.11 Å². The molecule has 5 nitrogen and oxygen atoms in total. The monoisotopic (exact) mass is 197 g/mol. The summed E-state index contributed by atoms with van der Waals surface area (Å²) in [4.78, 5) is 14.6. The van der Waals surface area contributed by atoms with E-state index in [-0.39, 0.29) is 11.8 Å². The molecule has 0 saturated carbocycles. The van der Waals surface area contributed by atoms with Crippen LogP contribution in [-0.2, 0) is 23.7 Å². The molecule has 1 rings (SSSR count). The lowest BCUT2D eigenvalue weighted by molar-refractivity contribution is -0.136. The minimum Gasteiger partial charge on any atom is -0.481 e. The molecular weight excluding hydrogens is 182 g/mol. The Hall–Kier alpha value is -1.39. The van der Waals surface area contributed by atoms with Crippen molar-refractivity contribution < 1.29 is 9.90 Å². The van der Waals surface area contributed by atoms with Crippen molar-refractivity contribution in [2.45, 2.75) is 32.6 Å².